The zero-order chi connectivity index (χ0) is 15.5. The number of fused-ring (bicyclic) bond motifs is 1. The van der Waals surface area contributed by atoms with Crippen LogP contribution in [0.2, 0.25) is 0 Å². The second-order valence-electron chi connectivity index (χ2n) is 6.17. The minimum absolute atomic E-state index is 0.0628. The van der Waals surface area contributed by atoms with Crippen LogP contribution in [-0.4, -0.2) is 65.4 Å². The number of aromatic nitrogens is 1. The van der Waals surface area contributed by atoms with Gasteiger partial charge in [-0.15, -0.1) is 0 Å². The lowest BCUT2D eigenvalue weighted by Gasteiger charge is -2.33. The van der Waals surface area contributed by atoms with E-state index < -0.39 is 6.04 Å². The molecule has 3 rings (SSSR count). The fourth-order valence-corrected chi connectivity index (χ4v) is 3.30. The average molecular weight is 304 g/mol. The maximum Gasteiger partial charge on any atom is 0.270 e. The second-order valence-corrected chi connectivity index (χ2v) is 6.17. The summed E-state index contributed by atoms with van der Waals surface area (Å²) in [6, 6.07) is 3.22. The Morgan fingerprint density at radius 1 is 1.32 bits per heavy atom. The van der Waals surface area contributed by atoms with Crippen LogP contribution in [0.5, 0.6) is 0 Å². The molecular formula is C16H24N4O2. The Balaban J connectivity index is 1.53. The standard InChI is InChI=1S/C16H24N4O2/c1-18-14(12-20-10-5-6-13(20)16(18)22)15(21)17-7-11-19-8-3-2-4-9-19/h5-6,10,14H,2-4,7-9,11-12H2,1H3,(H,17,21). The Hall–Kier alpha value is -1.82. The third kappa shape index (κ3) is 3.02. The van der Waals surface area contributed by atoms with Gasteiger partial charge in [-0.3, -0.25) is 9.59 Å². The third-order valence-electron chi connectivity index (χ3n) is 4.68. The molecule has 22 heavy (non-hydrogen) atoms. The van der Waals surface area contributed by atoms with Crippen molar-refractivity contribution in [3.8, 4) is 0 Å². The normalized spacial score (nSPS) is 22.5. The highest BCUT2D eigenvalue weighted by Gasteiger charge is 2.33. The van der Waals surface area contributed by atoms with Crippen LogP contribution in [0.4, 0.5) is 0 Å². The van der Waals surface area contributed by atoms with Gasteiger partial charge < -0.3 is 19.7 Å². The number of amides is 2. The molecule has 1 saturated heterocycles. The molecule has 2 amide bonds. The summed E-state index contributed by atoms with van der Waals surface area (Å²) in [4.78, 5) is 28.6. The molecular weight excluding hydrogens is 280 g/mol. The highest BCUT2D eigenvalue weighted by atomic mass is 16.2. The Kier molecular flexibility index (Phi) is 4.47. The minimum atomic E-state index is -0.422. The number of likely N-dealkylation sites (N-methyl/N-ethyl adjacent to an activating group) is 1. The van der Waals surface area contributed by atoms with E-state index in [0.29, 0.717) is 18.8 Å². The number of likely N-dealkylation sites (tertiary alicyclic amines) is 1. The Bertz CT molecular complexity index is 548. The Labute approximate surface area is 131 Å². The lowest BCUT2D eigenvalue weighted by Crippen LogP contribution is -2.54. The van der Waals surface area contributed by atoms with Gasteiger partial charge in [0.25, 0.3) is 5.91 Å². The van der Waals surface area contributed by atoms with Crippen molar-refractivity contribution in [1.82, 2.24) is 19.7 Å². The molecule has 0 aromatic carbocycles. The first-order valence-electron chi connectivity index (χ1n) is 8.09. The van der Waals surface area contributed by atoms with E-state index in [-0.39, 0.29) is 11.8 Å². The minimum Gasteiger partial charge on any atom is -0.353 e. The lowest BCUT2D eigenvalue weighted by molar-refractivity contribution is -0.126. The zero-order valence-electron chi connectivity index (χ0n) is 13.1. The largest absolute Gasteiger partial charge is 0.353 e. The summed E-state index contributed by atoms with van der Waals surface area (Å²) in [5.41, 5.74) is 0.653. The fourth-order valence-electron chi connectivity index (χ4n) is 3.30. The highest BCUT2D eigenvalue weighted by Crippen LogP contribution is 2.16. The van der Waals surface area contributed by atoms with Crippen molar-refractivity contribution in [2.75, 3.05) is 33.2 Å². The molecule has 1 unspecified atom stereocenters. The summed E-state index contributed by atoms with van der Waals surface area (Å²) in [5, 5.41) is 2.99. The molecule has 6 heteroatoms. The second kappa shape index (κ2) is 6.52. The molecule has 6 nitrogen and oxygen atoms in total. The van der Waals surface area contributed by atoms with Crippen LogP contribution in [0.3, 0.4) is 0 Å². The van der Waals surface area contributed by atoms with E-state index in [2.05, 4.69) is 10.2 Å². The number of rotatable bonds is 4. The van der Waals surface area contributed by atoms with Gasteiger partial charge in [-0.1, -0.05) is 6.42 Å². The van der Waals surface area contributed by atoms with Crippen LogP contribution in [0.1, 0.15) is 29.8 Å². The fraction of sp³-hybridized carbons (Fsp3) is 0.625. The average Bonchev–Trinajstić information content (AvgIpc) is 3.00. The molecule has 1 atom stereocenters. The van der Waals surface area contributed by atoms with E-state index in [0.717, 1.165) is 19.6 Å². The number of hydrogen-bond donors (Lipinski definition) is 1. The van der Waals surface area contributed by atoms with Gasteiger partial charge in [0.15, 0.2) is 0 Å². The van der Waals surface area contributed by atoms with E-state index in [1.54, 1.807) is 18.0 Å². The van der Waals surface area contributed by atoms with E-state index in [1.165, 1.54) is 19.3 Å². The maximum atomic E-state index is 12.4. The first-order chi connectivity index (χ1) is 10.7. The molecule has 1 aromatic heterocycles. The molecule has 2 aliphatic rings. The van der Waals surface area contributed by atoms with Crippen LogP contribution in [0.15, 0.2) is 18.3 Å². The van der Waals surface area contributed by atoms with Crippen molar-refractivity contribution >= 4 is 11.8 Å². The number of carbonyl (C=O) groups is 2. The molecule has 120 valence electrons. The van der Waals surface area contributed by atoms with Crippen LogP contribution < -0.4 is 5.32 Å². The molecule has 3 heterocycles. The third-order valence-corrected chi connectivity index (χ3v) is 4.68. The van der Waals surface area contributed by atoms with Crippen LogP contribution in [0, 0.1) is 0 Å². The quantitative estimate of drug-likeness (QED) is 0.883. The summed E-state index contributed by atoms with van der Waals surface area (Å²) >= 11 is 0. The van der Waals surface area contributed by atoms with Crippen LogP contribution in [-0.2, 0) is 11.3 Å². The van der Waals surface area contributed by atoms with Crippen molar-refractivity contribution in [1.29, 1.82) is 0 Å². The van der Waals surface area contributed by atoms with E-state index >= 15 is 0 Å². The Morgan fingerprint density at radius 3 is 2.86 bits per heavy atom. The highest BCUT2D eigenvalue weighted by molar-refractivity contribution is 5.97. The summed E-state index contributed by atoms with van der Waals surface area (Å²) < 4.78 is 1.86. The first kappa shape index (κ1) is 15.1. The molecule has 0 saturated carbocycles. The van der Waals surface area contributed by atoms with Crippen molar-refractivity contribution in [2.24, 2.45) is 0 Å². The van der Waals surface area contributed by atoms with Crippen molar-refractivity contribution in [2.45, 2.75) is 31.8 Å². The molecule has 2 aliphatic heterocycles. The number of nitrogens with zero attached hydrogens (tertiary/aromatic N) is 3. The molecule has 0 spiro atoms. The topological polar surface area (TPSA) is 57.6 Å². The summed E-state index contributed by atoms with van der Waals surface area (Å²) in [6.07, 6.45) is 5.68. The van der Waals surface area contributed by atoms with Crippen molar-refractivity contribution < 1.29 is 9.59 Å². The van der Waals surface area contributed by atoms with Gasteiger partial charge in [0.05, 0.1) is 6.54 Å². The van der Waals surface area contributed by atoms with Crippen LogP contribution in [0.25, 0.3) is 0 Å². The van der Waals surface area contributed by atoms with E-state index in [1.807, 2.05) is 16.8 Å². The molecule has 0 aliphatic carbocycles. The summed E-state index contributed by atoms with van der Waals surface area (Å²) in [6.45, 7) is 4.33. The van der Waals surface area contributed by atoms with Gasteiger partial charge in [0, 0.05) is 26.3 Å². The number of piperidine rings is 1. The smallest absolute Gasteiger partial charge is 0.270 e. The maximum absolute atomic E-state index is 12.4. The predicted octanol–water partition coefficient (Wildman–Crippen LogP) is 0.544. The van der Waals surface area contributed by atoms with Gasteiger partial charge in [-0.25, -0.2) is 0 Å². The van der Waals surface area contributed by atoms with Gasteiger partial charge in [0.2, 0.25) is 5.91 Å². The number of nitrogens with one attached hydrogen (secondary N) is 1. The zero-order valence-corrected chi connectivity index (χ0v) is 13.1. The van der Waals surface area contributed by atoms with E-state index in [4.69, 9.17) is 0 Å². The van der Waals surface area contributed by atoms with Gasteiger partial charge in [-0.2, -0.15) is 0 Å². The number of carbonyl (C=O) groups excluding carboxylic acids is 2. The van der Waals surface area contributed by atoms with E-state index in [9.17, 15) is 9.59 Å². The molecule has 1 fully saturated rings. The molecule has 0 bridgehead atoms. The Morgan fingerprint density at radius 2 is 2.09 bits per heavy atom. The molecule has 1 N–H and O–H groups in total. The van der Waals surface area contributed by atoms with Gasteiger partial charge in [-0.05, 0) is 38.1 Å². The lowest BCUT2D eigenvalue weighted by atomic mass is 10.1. The SMILES string of the molecule is CN1C(=O)c2cccn2CC1C(=O)NCCN1CCCCC1. The summed E-state index contributed by atoms with van der Waals surface area (Å²) in [7, 11) is 1.70. The molecule has 0 radical (unpaired) electrons. The van der Waals surface area contributed by atoms with Crippen LogP contribution >= 0.6 is 0 Å². The molecule has 1 aromatic rings. The van der Waals surface area contributed by atoms with Gasteiger partial charge >= 0.3 is 0 Å². The van der Waals surface area contributed by atoms with Crippen molar-refractivity contribution in [3.05, 3.63) is 24.0 Å². The monoisotopic (exact) mass is 304 g/mol. The first-order valence-corrected chi connectivity index (χ1v) is 8.09. The predicted molar refractivity (Wildman–Crippen MR) is 83.6 cm³/mol. The van der Waals surface area contributed by atoms with Crippen molar-refractivity contribution in [3.63, 3.8) is 0 Å². The number of hydrogen-bond acceptors (Lipinski definition) is 3. The van der Waals surface area contributed by atoms with Gasteiger partial charge in [0.1, 0.15) is 11.7 Å². The summed E-state index contributed by atoms with van der Waals surface area (Å²) in [5.74, 6) is -0.153.